The van der Waals surface area contributed by atoms with E-state index < -0.39 is 10.0 Å². The number of aryl methyl sites for hydroxylation is 1. The zero-order chi connectivity index (χ0) is 18.9. The van der Waals surface area contributed by atoms with Gasteiger partial charge in [-0.15, -0.1) is 9.19 Å². The summed E-state index contributed by atoms with van der Waals surface area (Å²) in [6, 6.07) is 13.8. The van der Waals surface area contributed by atoms with E-state index in [0.717, 1.165) is 15.2 Å². The first kappa shape index (κ1) is 18.0. The molecule has 0 unspecified atom stereocenters. The van der Waals surface area contributed by atoms with Gasteiger partial charge in [-0.1, -0.05) is 48.0 Å². The van der Waals surface area contributed by atoms with Crippen LogP contribution >= 0.6 is 0 Å². The molecule has 0 aliphatic rings. The lowest BCUT2D eigenvalue weighted by atomic mass is 9.96. The van der Waals surface area contributed by atoms with Crippen LogP contribution in [0.4, 0.5) is 0 Å². The summed E-state index contributed by atoms with van der Waals surface area (Å²) in [6.07, 6.45) is 1.42. The first-order valence-electron chi connectivity index (χ1n) is 8.14. The highest BCUT2D eigenvalue weighted by Gasteiger charge is 2.21. The minimum atomic E-state index is -3.78. The molecule has 3 aromatic rings. The zero-order valence-corrected chi connectivity index (χ0v) is 15.6. The Hall–Kier alpha value is -2.80. The van der Waals surface area contributed by atoms with E-state index in [9.17, 15) is 13.2 Å². The van der Waals surface area contributed by atoms with Crippen molar-refractivity contribution >= 4 is 15.8 Å². The van der Waals surface area contributed by atoms with Crippen molar-refractivity contribution in [1.82, 2.24) is 14.4 Å². The number of nitrogens with zero attached hydrogens (tertiary/aromatic N) is 3. The molecule has 7 heteroatoms. The second-order valence-electron chi connectivity index (χ2n) is 6.24. The van der Waals surface area contributed by atoms with Crippen molar-refractivity contribution in [2.45, 2.75) is 31.6 Å². The number of carbonyl (C=O) groups excluding carboxylic acids is 1. The van der Waals surface area contributed by atoms with Crippen molar-refractivity contribution in [1.29, 1.82) is 0 Å². The molecule has 0 aliphatic heterocycles. The topological polar surface area (TPSA) is 81.9 Å². The quantitative estimate of drug-likeness (QED) is 0.645. The van der Waals surface area contributed by atoms with E-state index in [1.165, 1.54) is 13.1 Å². The fourth-order valence-electron chi connectivity index (χ4n) is 2.59. The number of carbonyl (C=O) groups is 1. The number of aromatic nitrogens is 3. The summed E-state index contributed by atoms with van der Waals surface area (Å²) in [7, 11) is -3.78. The molecule has 3 rings (SSSR count). The lowest BCUT2D eigenvalue weighted by Crippen LogP contribution is -2.13. The molecule has 1 atom stereocenters. The van der Waals surface area contributed by atoms with E-state index in [-0.39, 0.29) is 16.6 Å². The minimum Gasteiger partial charge on any atom is -0.295 e. The molecule has 6 nitrogen and oxygen atoms in total. The summed E-state index contributed by atoms with van der Waals surface area (Å²) < 4.78 is 26.2. The van der Waals surface area contributed by atoms with Crippen LogP contribution in [0.25, 0.3) is 0 Å². The average Bonchev–Trinajstić information content (AvgIpc) is 3.12. The van der Waals surface area contributed by atoms with Crippen molar-refractivity contribution in [3.05, 3.63) is 77.1 Å². The third kappa shape index (κ3) is 3.43. The molecule has 2 aromatic carbocycles. The van der Waals surface area contributed by atoms with Crippen LogP contribution in [-0.2, 0) is 10.0 Å². The Morgan fingerprint density at radius 3 is 2.46 bits per heavy atom. The van der Waals surface area contributed by atoms with Gasteiger partial charge in [-0.3, -0.25) is 4.79 Å². The predicted octanol–water partition coefficient (Wildman–Crippen LogP) is 3.18. The number of Topliss-reactive ketones (excluding diaryl/α,β-unsaturated/α-hetero) is 1. The maximum atomic E-state index is 12.7. The van der Waals surface area contributed by atoms with Gasteiger partial charge >= 0.3 is 0 Å². The van der Waals surface area contributed by atoms with Crippen molar-refractivity contribution in [3.8, 4) is 0 Å². The van der Waals surface area contributed by atoms with Crippen molar-refractivity contribution in [2.75, 3.05) is 0 Å². The Kier molecular flexibility index (Phi) is 4.73. The van der Waals surface area contributed by atoms with Gasteiger partial charge in [0.1, 0.15) is 0 Å². The Labute approximate surface area is 152 Å². The lowest BCUT2D eigenvalue weighted by molar-refractivity contribution is 0.101. The molecule has 0 saturated carbocycles. The maximum absolute atomic E-state index is 12.7. The molecular formula is C19H19N3O3S. The summed E-state index contributed by atoms with van der Waals surface area (Å²) in [5.74, 6) is -0.221. The van der Waals surface area contributed by atoms with E-state index in [0.29, 0.717) is 11.3 Å². The Morgan fingerprint density at radius 2 is 1.81 bits per heavy atom. The monoisotopic (exact) mass is 369 g/mol. The molecule has 0 fully saturated rings. The number of hydrogen-bond donors (Lipinski definition) is 0. The second kappa shape index (κ2) is 6.84. The van der Waals surface area contributed by atoms with Crippen LogP contribution in [0.1, 0.15) is 46.9 Å². The third-order valence-corrected chi connectivity index (χ3v) is 5.83. The van der Waals surface area contributed by atoms with Gasteiger partial charge in [0.15, 0.2) is 5.78 Å². The predicted molar refractivity (Wildman–Crippen MR) is 97.7 cm³/mol. The standard InChI is InChI=1S/C19H19N3O3S/c1-13-7-9-18(10-8-13)26(24,25)22-12-19(20-21-22)14(2)16-5-4-6-17(11-16)15(3)23/h4-12,14H,1-3H3/t14-/m1/s1. The molecule has 0 saturated heterocycles. The lowest BCUT2D eigenvalue weighted by Gasteiger charge is -2.09. The average molecular weight is 369 g/mol. The zero-order valence-electron chi connectivity index (χ0n) is 14.7. The van der Waals surface area contributed by atoms with Crippen LogP contribution in [0.5, 0.6) is 0 Å². The molecule has 0 amide bonds. The van der Waals surface area contributed by atoms with Gasteiger partial charge in [0, 0.05) is 11.5 Å². The summed E-state index contributed by atoms with van der Waals surface area (Å²) >= 11 is 0. The Morgan fingerprint density at radius 1 is 1.12 bits per heavy atom. The maximum Gasteiger partial charge on any atom is 0.284 e. The van der Waals surface area contributed by atoms with Crippen LogP contribution in [0.15, 0.2) is 59.6 Å². The van der Waals surface area contributed by atoms with Gasteiger partial charge in [-0.25, -0.2) is 0 Å². The number of rotatable bonds is 5. The smallest absolute Gasteiger partial charge is 0.284 e. The molecule has 0 radical (unpaired) electrons. The van der Waals surface area contributed by atoms with Crippen LogP contribution < -0.4 is 0 Å². The number of hydrogen-bond acceptors (Lipinski definition) is 5. The Bertz CT molecular complexity index is 1050. The highest BCUT2D eigenvalue weighted by atomic mass is 32.2. The fraction of sp³-hybridized carbons (Fsp3) is 0.211. The molecule has 134 valence electrons. The van der Waals surface area contributed by atoms with E-state index in [1.807, 2.05) is 19.9 Å². The molecule has 0 aliphatic carbocycles. The highest BCUT2D eigenvalue weighted by molar-refractivity contribution is 7.89. The van der Waals surface area contributed by atoms with Crippen LogP contribution in [0, 0.1) is 6.92 Å². The third-order valence-electron chi connectivity index (χ3n) is 4.29. The summed E-state index contributed by atoms with van der Waals surface area (Å²) in [4.78, 5) is 11.7. The fourth-order valence-corrected chi connectivity index (χ4v) is 3.67. The summed E-state index contributed by atoms with van der Waals surface area (Å²) in [6.45, 7) is 5.29. The molecule has 0 bridgehead atoms. The summed E-state index contributed by atoms with van der Waals surface area (Å²) in [5, 5.41) is 7.83. The molecule has 1 heterocycles. The summed E-state index contributed by atoms with van der Waals surface area (Å²) in [5.41, 5.74) is 2.97. The first-order chi connectivity index (χ1) is 12.3. The van der Waals surface area contributed by atoms with Gasteiger partial charge in [0.25, 0.3) is 10.0 Å². The number of ketones is 1. The van der Waals surface area contributed by atoms with Crippen molar-refractivity contribution < 1.29 is 13.2 Å². The second-order valence-corrected chi connectivity index (χ2v) is 8.03. The minimum absolute atomic E-state index is 0.0235. The van der Waals surface area contributed by atoms with Gasteiger partial charge < -0.3 is 0 Å². The largest absolute Gasteiger partial charge is 0.295 e. The SMILES string of the molecule is CC(=O)c1cccc([C@@H](C)c2cn(S(=O)(=O)c3ccc(C)cc3)nn2)c1. The van der Waals surface area contributed by atoms with E-state index >= 15 is 0 Å². The first-order valence-corrected chi connectivity index (χ1v) is 9.58. The van der Waals surface area contributed by atoms with E-state index in [4.69, 9.17) is 0 Å². The molecule has 0 N–H and O–H groups in total. The van der Waals surface area contributed by atoms with Crippen LogP contribution in [0.3, 0.4) is 0 Å². The molecule has 1 aromatic heterocycles. The normalized spacial score (nSPS) is 12.7. The van der Waals surface area contributed by atoms with Crippen LogP contribution in [0.2, 0.25) is 0 Å². The molecular weight excluding hydrogens is 350 g/mol. The Balaban J connectivity index is 1.93. The number of benzene rings is 2. The van der Waals surface area contributed by atoms with Gasteiger partial charge in [-0.05, 0) is 37.6 Å². The van der Waals surface area contributed by atoms with Gasteiger partial charge in [-0.2, -0.15) is 8.42 Å². The molecule has 26 heavy (non-hydrogen) atoms. The van der Waals surface area contributed by atoms with E-state index in [2.05, 4.69) is 10.3 Å². The molecule has 0 spiro atoms. The van der Waals surface area contributed by atoms with Gasteiger partial charge in [0.2, 0.25) is 0 Å². The highest BCUT2D eigenvalue weighted by Crippen LogP contribution is 2.24. The van der Waals surface area contributed by atoms with Crippen LogP contribution in [-0.4, -0.2) is 28.6 Å². The van der Waals surface area contributed by atoms with Gasteiger partial charge in [0.05, 0.1) is 16.8 Å². The van der Waals surface area contributed by atoms with E-state index in [1.54, 1.807) is 42.5 Å². The van der Waals surface area contributed by atoms with Crippen molar-refractivity contribution in [3.63, 3.8) is 0 Å². The van der Waals surface area contributed by atoms with Crippen molar-refractivity contribution in [2.24, 2.45) is 0 Å².